The van der Waals surface area contributed by atoms with E-state index in [0.717, 1.165) is 12.8 Å². The first-order chi connectivity index (χ1) is 9.95. The summed E-state index contributed by atoms with van der Waals surface area (Å²) in [6.45, 7) is 1.40. The van der Waals surface area contributed by atoms with E-state index in [1.54, 1.807) is 23.7 Å². The van der Waals surface area contributed by atoms with E-state index in [0.29, 0.717) is 11.0 Å². The molecule has 21 heavy (non-hydrogen) atoms. The lowest BCUT2D eigenvalue weighted by Gasteiger charge is -2.07. The third-order valence-electron chi connectivity index (χ3n) is 3.93. The van der Waals surface area contributed by atoms with Crippen LogP contribution in [0, 0.1) is 0 Å². The molecule has 1 aromatic heterocycles. The van der Waals surface area contributed by atoms with Crippen LogP contribution >= 0.6 is 0 Å². The van der Waals surface area contributed by atoms with E-state index in [4.69, 9.17) is 4.74 Å². The van der Waals surface area contributed by atoms with Gasteiger partial charge in [0.2, 0.25) is 0 Å². The number of ketones is 1. The third-order valence-corrected chi connectivity index (χ3v) is 3.93. The molecule has 6 heteroatoms. The number of imidazole rings is 1. The van der Waals surface area contributed by atoms with Gasteiger partial charge in [0.15, 0.2) is 5.78 Å². The standard InChI is InChI=1S/C15H16N2O4/c1-8(18)10-6-13-12(7-11(10)14(19)21-3)16(2)15(20)17(13)9-4-5-9/h6-7,9H,4-5H2,1-3H3. The number of carbonyl (C=O) groups excluding carboxylic acids is 2. The number of Topliss-reactive ketones (excluding diaryl/α,β-unsaturated/α-hetero) is 1. The average molecular weight is 288 g/mol. The summed E-state index contributed by atoms with van der Waals surface area (Å²) >= 11 is 0. The molecule has 110 valence electrons. The second-order valence-electron chi connectivity index (χ2n) is 5.38. The van der Waals surface area contributed by atoms with Gasteiger partial charge in [-0.05, 0) is 31.9 Å². The van der Waals surface area contributed by atoms with E-state index in [-0.39, 0.29) is 28.6 Å². The highest BCUT2D eigenvalue weighted by Gasteiger charge is 2.29. The van der Waals surface area contributed by atoms with Crippen LogP contribution in [0.3, 0.4) is 0 Å². The highest BCUT2D eigenvalue weighted by Crippen LogP contribution is 2.36. The van der Waals surface area contributed by atoms with Gasteiger partial charge in [-0.15, -0.1) is 0 Å². The maximum absolute atomic E-state index is 12.3. The minimum atomic E-state index is -0.575. The molecule has 0 atom stereocenters. The van der Waals surface area contributed by atoms with Crippen LogP contribution in [0.15, 0.2) is 16.9 Å². The number of aromatic nitrogens is 2. The van der Waals surface area contributed by atoms with E-state index >= 15 is 0 Å². The summed E-state index contributed by atoms with van der Waals surface area (Å²) in [6, 6.07) is 3.40. The minimum Gasteiger partial charge on any atom is -0.465 e. The first-order valence-corrected chi connectivity index (χ1v) is 6.80. The van der Waals surface area contributed by atoms with Gasteiger partial charge in [-0.25, -0.2) is 9.59 Å². The predicted molar refractivity (Wildman–Crippen MR) is 76.8 cm³/mol. The number of hydrogen-bond acceptors (Lipinski definition) is 4. The zero-order valence-electron chi connectivity index (χ0n) is 12.2. The van der Waals surface area contributed by atoms with Gasteiger partial charge in [-0.1, -0.05) is 0 Å². The van der Waals surface area contributed by atoms with Gasteiger partial charge in [-0.2, -0.15) is 0 Å². The van der Waals surface area contributed by atoms with Gasteiger partial charge in [0, 0.05) is 18.7 Å². The number of esters is 1. The van der Waals surface area contributed by atoms with Crippen molar-refractivity contribution in [2.75, 3.05) is 7.11 Å². The van der Waals surface area contributed by atoms with Crippen LogP contribution in [-0.4, -0.2) is 28.0 Å². The molecule has 0 bridgehead atoms. The van der Waals surface area contributed by atoms with Gasteiger partial charge in [0.1, 0.15) is 0 Å². The van der Waals surface area contributed by atoms with Crippen molar-refractivity contribution in [3.63, 3.8) is 0 Å². The topological polar surface area (TPSA) is 70.3 Å². The van der Waals surface area contributed by atoms with Gasteiger partial charge in [0.25, 0.3) is 0 Å². The number of fused-ring (bicyclic) bond motifs is 1. The zero-order chi connectivity index (χ0) is 15.3. The van der Waals surface area contributed by atoms with Crippen molar-refractivity contribution < 1.29 is 14.3 Å². The second kappa shape index (κ2) is 4.58. The largest absolute Gasteiger partial charge is 0.465 e. The van der Waals surface area contributed by atoms with Crippen LogP contribution < -0.4 is 5.69 Å². The summed E-state index contributed by atoms with van der Waals surface area (Å²) in [4.78, 5) is 36.0. The maximum atomic E-state index is 12.3. The quantitative estimate of drug-likeness (QED) is 0.636. The Morgan fingerprint density at radius 2 is 1.81 bits per heavy atom. The number of rotatable bonds is 3. The summed E-state index contributed by atoms with van der Waals surface area (Å²) < 4.78 is 7.94. The fourth-order valence-corrected chi connectivity index (χ4v) is 2.66. The molecular formula is C15H16N2O4. The molecule has 0 radical (unpaired) electrons. The molecule has 1 heterocycles. The lowest BCUT2D eigenvalue weighted by Crippen LogP contribution is -2.21. The average Bonchev–Trinajstić information content (AvgIpc) is 3.26. The summed E-state index contributed by atoms with van der Waals surface area (Å²) in [6.07, 6.45) is 1.93. The Morgan fingerprint density at radius 3 is 2.33 bits per heavy atom. The van der Waals surface area contributed by atoms with Gasteiger partial charge < -0.3 is 4.74 Å². The van der Waals surface area contributed by atoms with Crippen LogP contribution in [0.4, 0.5) is 0 Å². The molecule has 0 aliphatic heterocycles. The van der Waals surface area contributed by atoms with Crippen molar-refractivity contribution in [3.05, 3.63) is 33.7 Å². The lowest BCUT2D eigenvalue weighted by atomic mass is 10.0. The van der Waals surface area contributed by atoms with Crippen LogP contribution in [0.5, 0.6) is 0 Å². The van der Waals surface area contributed by atoms with Crippen molar-refractivity contribution >= 4 is 22.8 Å². The first-order valence-electron chi connectivity index (χ1n) is 6.80. The normalized spacial score (nSPS) is 14.4. The van der Waals surface area contributed by atoms with Gasteiger partial charge in [0.05, 0.1) is 23.7 Å². The molecule has 1 fully saturated rings. The molecule has 0 unspecified atom stereocenters. The first kappa shape index (κ1) is 13.6. The van der Waals surface area contributed by atoms with E-state index in [9.17, 15) is 14.4 Å². The van der Waals surface area contributed by atoms with Crippen LogP contribution in [0.1, 0.15) is 46.5 Å². The summed E-state index contributed by atoms with van der Waals surface area (Å²) in [7, 11) is 2.93. The molecular weight excluding hydrogens is 272 g/mol. The van der Waals surface area contributed by atoms with Crippen molar-refractivity contribution in [1.29, 1.82) is 0 Å². The monoisotopic (exact) mass is 288 g/mol. The fourth-order valence-electron chi connectivity index (χ4n) is 2.66. The summed E-state index contributed by atoms with van der Waals surface area (Å²) in [5, 5.41) is 0. The Morgan fingerprint density at radius 1 is 1.19 bits per heavy atom. The van der Waals surface area contributed by atoms with Crippen LogP contribution in [0.2, 0.25) is 0 Å². The number of hydrogen-bond donors (Lipinski definition) is 0. The Hall–Kier alpha value is -2.37. The molecule has 0 saturated heterocycles. The predicted octanol–water partition coefficient (Wildman–Crippen LogP) is 1.66. The van der Waals surface area contributed by atoms with Gasteiger partial charge in [-0.3, -0.25) is 13.9 Å². The number of carbonyl (C=O) groups is 2. The summed E-state index contributed by atoms with van der Waals surface area (Å²) in [5.74, 6) is -0.801. The van der Waals surface area contributed by atoms with Crippen molar-refractivity contribution in [3.8, 4) is 0 Å². The molecule has 0 N–H and O–H groups in total. The number of ether oxygens (including phenoxy) is 1. The molecule has 0 spiro atoms. The number of nitrogens with zero attached hydrogens (tertiary/aromatic N) is 2. The van der Waals surface area contributed by atoms with E-state index in [1.165, 1.54) is 18.6 Å². The third kappa shape index (κ3) is 1.98. The van der Waals surface area contributed by atoms with Crippen LogP contribution in [-0.2, 0) is 11.8 Å². The van der Waals surface area contributed by atoms with Crippen molar-refractivity contribution in [2.24, 2.45) is 7.05 Å². The van der Waals surface area contributed by atoms with Crippen molar-refractivity contribution in [1.82, 2.24) is 9.13 Å². The molecule has 2 aromatic rings. The highest BCUT2D eigenvalue weighted by atomic mass is 16.5. The molecule has 0 amide bonds. The molecule has 1 aliphatic rings. The Balaban J connectivity index is 2.38. The number of aryl methyl sites for hydroxylation is 1. The SMILES string of the molecule is COC(=O)c1cc2c(cc1C(C)=O)n(C1CC1)c(=O)n2C. The molecule has 1 saturated carbocycles. The lowest BCUT2D eigenvalue weighted by molar-refractivity contribution is 0.0597. The fraction of sp³-hybridized carbons (Fsp3) is 0.400. The molecule has 1 aromatic carbocycles. The Labute approximate surface area is 120 Å². The number of benzene rings is 1. The maximum Gasteiger partial charge on any atom is 0.338 e. The molecule has 3 rings (SSSR count). The highest BCUT2D eigenvalue weighted by molar-refractivity contribution is 6.08. The smallest absolute Gasteiger partial charge is 0.338 e. The van der Waals surface area contributed by atoms with E-state index < -0.39 is 5.97 Å². The van der Waals surface area contributed by atoms with E-state index in [1.807, 2.05) is 0 Å². The Kier molecular flexibility index (Phi) is 2.97. The minimum absolute atomic E-state index is 0.121. The number of methoxy groups -OCH3 is 1. The zero-order valence-corrected chi connectivity index (χ0v) is 12.2. The molecule has 6 nitrogen and oxygen atoms in total. The van der Waals surface area contributed by atoms with Crippen molar-refractivity contribution in [2.45, 2.75) is 25.8 Å². The summed E-state index contributed by atoms with van der Waals surface area (Å²) in [5.41, 5.74) is 1.69. The molecule has 1 aliphatic carbocycles. The van der Waals surface area contributed by atoms with E-state index in [2.05, 4.69) is 0 Å². The van der Waals surface area contributed by atoms with Crippen LogP contribution in [0.25, 0.3) is 11.0 Å². The second-order valence-corrected chi connectivity index (χ2v) is 5.38. The van der Waals surface area contributed by atoms with Gasteiger partial charge >= 0.3 is 11.7 Å². The Bertz CT molecular complexity index is 824.